The number of hydrogen-bond donors (Lipinski definition) is 0. The average Bonchev–Trinajstić information content (AvgIpc) is 2.82. The molecule has 2 rings (SSSR count). The third kappa shape index (κ3) is 3.22. The summed E-state index contributed by atoms with van der Waals surface area (Å²) in [7, 11) is 1.74. The molecular formula is C15H17BrOS. The van der Waals surface area contributed by atoms with Crippen LogP contribution in [0.3, 0.4) is 0 Å². The molecule has 0 amide bonds. The van der Waals surface area contributed by atoms with E-state index in [4.69, 9.17) is 4.74 Å². The normalized spacial score (nSPS) is 12.6. The predicted octanol–water partition coefficient (Wildman–Crippen LogP) is 4.73. The van der Waals surface area contributed by atoms with E-state index in [0.29, 0.717) is 4.83 Å². The Morgan fingerprint density at radius 2 is 1.94 bits per heavy atom. The maximum absolute atomic E-state index is 5.09. The molecule has 0 saturated heterocycles. The van der Waals surface area contributed by atoms with E-state index in [1.54, 1.807) is 18.4 Å². The molecule has 0 radical (unpaired) electrons. The summed E-state index contributed by atoms with van der Waals surface area (Å²) in [5, 5.41) is 4.41. The first-order valence-electron chi connectivity index (χ1n) is 5.97. The molecule has 2 aromatic rings. The lowest BCUT2D eigenvalue weighted by atomic mass is 10.0. The smallest absolute Gasteiger partial charge is 0.0655 e. The number of rotatable bonds is 5. The summed E-state index contributed by atoms with van der Waals surface area (Å²) in [6.45, 7) is 2.94. The second-order valence-electron chi connectivity index (χ2n) is 4.36. The molecule has 0 spiro atoms. The van der Waals surface area contributed by atoms with Gasteiger partial charge in [0.05, 0.1) is 11.4 Å². The number of thiophene rings is 1. The van der Waals surface area contributed by atoms with E-state index >= 15 is 0 Å². The van der Waals surface area contributed by atoms with Gasteiger partial charge < -0.3 is 4.74 Å². The van der Waals surface area contributed by atoms with Crippen molar-refractivity contribution in [1.82, 2.24) is 0 Å². The van der Waals surface area contributed by atoms with Crippen molar-refractivity contribution >= 4 is 27.3 Å². The van der Waals surface area contributed by atoms with Gasteiger partial charge in [0.1, 0.15) is 0 Å². The van der Waals surface area contributed by atoms with Crippen molar-refractivity contribution in [2.45, 2.75) is 18.2 Å². The molecule has 0 aliphatic rings. The molecular weight excluding hydrogens is 308 g/mol. The summed E-state index contributed by atoms with van der Waals surface area (Å²) in [5.74, 6) is 0. The average molecular weight is 325 g/mol. The van der Waals surface area contributed by atoms with E-state index in [1.165, 1.54) is 22.3 Å². The Bertz CT molecular complexity index is 489. The van der Waals surface area contributed by atoms with Crippen molar-refractivity contribution in [2.24, 2.45) is 0 Å². The molecule has 0 saturated carbocycles. The molecule has 0 aliphatic heterocycles. The molecule has 0 aliphatic carbocycles. The van der Waals surface area contributed by atoms with Crippen molar-refractivity contribution in [1.29, 1.82) is 0 Å². The number of alkyl halides is 1. The van der Waals surface area contributed by atoms with E-state index in [2.05, 4.69) is 57.9 Å². The van der Waals surface area contributed by atoms with Crippen molar-refractivity contribution in [3.63, 3.8) is 0 Å². The van der Waals surface area contributed by atoms with Crippen LogP contribution in [0.4, 0.5) is 0 Å². The van der Waals surface area contributed by atoms with Crippen LogP contribution in [0, 0.1) is 6.92 Å². The highest BCUT2D eigenvalue weighted by atomic mass is 79.9. The van der Waals surface area contributed by atoms with Crippen LogP contribution >= 0.6 is 27.3 Å². The molecule has 1 aromatic carbocycles. The molecule has 1 nitrogen and oxygen atoms in total. The van der Waals surface area contributed by atoms with E-state index < -0.39 is 0 Å². The standard InChI is InChI=1S/C15H17BrOS/c1-11-9-18-10-14(11)15(16)13-5-3-12(4-6-13)7-8-17-2/h3-6,9-10,15H,7-8H2,1-2H3. The lowest BCUT2D eigenvalue weighted by Gasteiger charge is -2.11. The predicted molar refractivity (Wildman–Crippen MR) is 81.8 cm³/mol. The van der Waals surface area contributed by atoms with Crippen LogP contribution in [0.2, 0.25) is 0 Å². The maximum atomic E-state index is 5.09. The molecule has 18 heavy (non-hydrogen) atoms. The van der Waals surface area contributed by atoms with Gasteiger partial charge in [-0.3, -0.25) is 0 Å². The molecule has 96 valence electrons. The van der Waals surface area contributed by atoms with Gasteiger partial charge in [-0.2, -0.15) is 11.3 Å². The zero-order valence-electron chi connectivity index (χ0n) is 10.7. The van der Waals surface area contributed by atoms with Crippen molar-refractivity contribution in [2.75, 3.05) is 13.7 Å². The molecule has 0 fully saturated rings. The highest BCUT2D eigenvalue weighted by Gasteiger charge is 2.13. The van der Waals surface area contributed by atoms with Crippen LogP contribution in [0.1, 0.15) is 27.1 Å². The summed E-state index contributed by atoms with van der Waals surface area (Å²) in [5.41, 5.74) is 5.34. The van der Waals surface area contributed by atoms with Gasteiger partial charge in [-0.15, -0.1) is 0 Å². The molecule has 1 atom stereocenters. The van der Waals surface area contributed by atoms with Gasteiger partial charge in [0, 0.05) is 7.11 Å². The van der Waals surface area contributed by atoms with Crippen molar-refractivity contribution < 1.29 is 4.74 Å². The first kappa shape index (κ1) is 13.8. The number of halogens is 1. The number of aryl methyl sites for hydroxylation is 1. The zero-order valence-corrected chi connectivity index (χ0v) is 13.1. The number of ether oxygens (including phenoxy) is 1. The van der Waals surface area contributed by atoms with Gasteiger partial charge >= 0.3 is 0 Å². The van der Waals surface area contributed by atoms with E-state index in [0.717, 1.165) is 13.0 Å². The third-order valence-electron chi connectivity index (χ3n) is 3.04. The molecule has 1 unspecified atom stereocenters. The quantitative estimate of drug-likeness (QED) is 0.722. The first-order valence-corrected chi connectivity index (χ1v) is 7.82. The minimum atomic E-state index is 0.292. The largest absolute Gasteiger partial charge is 0.384 e. The minimum Gasteiger partial charge on any atom is -0.384 e. The second kappa shape index (κ2) is 6.50. The Morgan fingerprint density at radius 3 is 2.50 bits per heavy atom. The van der Waals surface area contributed by atoms with Gasteiger partial charge in [0.15, 0.2) is 0 Å². The monoisotopic (exact) mass is 324 g/mol. The number of benzene rings is 1. The SMILES string of the molecule is COCCc1ccc(C(Br)c2cscc2C)cc1. The second-order valence-corrected chi connectivity index (χ2v) is 6.02. The van der Waals surface area contributed by atoms with E-state index in [9.17, 15) is 0 Å². The summed E-state index contributed by atoms with van der Waals surface area (Å²) in [4.78, 5) is 0.292. The first-order chi connectivity index (χ1) is 8.72. The molecule has 3 heteroatoms. The van der Waals surface area contributed by atoms with Gasteiger partial charge in [0.2, 0.25) is 0 Å². The minimum absolute atomic E-state index is 0.292. The topological polar surface area (TPSA) is 9.23 Å². The lowest BCUT2D eigenvalue weighted by Crippen LogP contribution is -1.96. The molecule has 1 aromatic heterocycles. The Balaban J connectivity index is 2.12. The third-order valence-corrected chi connectivity index (χ3v) is 4.94. The van der Waals surface area contributed by atoms with Crippen LogP contribution in [0.5, 0.6) is 0 Å². The van der Waals surface area contributed by atoms with Crippen LogP contribution in [-0.4, -0.2) is 13.7 Å². The van der Waals surface area contributed by atoms with Gasteiger partial charge in [-0.25, -0.2) is 0 Å². The van der Waals surface area contributed by atoms with E-state index in [-0.39, 0.29) is 0 Å². The summed E-state index contributed by atoms with van der Waals surface area (Å²) >= 11 is 5.54. The number of hydrogen-bond acceptors (Lipinski definition) is 2. The van der Waals surface area contributed by atoms with Crippen LogP contribution in [0.15, 0.2) is 35.0 Å². The van der Waals surface area contributed by atoms with Gasteiger partial charge in [-0.1, -0.05) is 40.2 Å². The Hall–Kier alpha value is -0.640. The van der Waals surface area contributed by atoms with Crippen molar-refractivity contribution in [3.8, 4) is 0 Å². The maximum Gasteiger partial charge on any atom is 0.0655 e. The highest BCUT2D eigenvalue weighted by molar-refractivity contribution is 9.09. The van der Waals surface area contributed by atoms with Gasteiger partial charge in [-0.05, 0) is 46.4 Å². The Kier molecular flexibility index (Phi) is 4.98. The molecule has 0 N–H and O–H groups in total. The lowest BCUT2D eigenvalue weighted by molar-refractivity contribution is 0.202. The van der Waals surface area contributed by atoms with Crippen molar-refractivity contribution in [3.05, 3.63) is 57.3 Å². The molecule has 0 bridgehead atoms. The zero-order chi connectivity index (χ0) is 13.0. The van der Waals surface area contributed by atoms with Crippen LogP contribution in [-0.2, 0) is 11.2 Å². The summed E-state index contributed by atoms with van der Waals surface area (Å²) < 4.78 is 5.09. The number of methoxy groups -OCH3 is 1. The van der Waals surface area contributed by atoms with Crippen LogP contribution in [0.25, 0.3) is 0 Å². The fourth-order valence-electron chi connectivity index (χ4n) is 1.88. The van der Waals surface area contributed by atoms with Gasteiger partial charge in [0.25, 0.3) is 0 Å². The van der Waals surface area contributed by atoms with Crippen LogP contribution < -0.4 is 0 Å². The fraction of sp³-hybridized carbons (Fsp3) is 0.333. The molecule has 1 heterocycles. The summed E-state index contributed by atoms with van der Waals surface area (Å²) in [6, 6.07) is 8.76. The fourth-order valence-corrected chi connectivity index (χ4v) is 3.73. The van der Waals surface area contributed by atoms with E-state index in [1.807, 2.05) is 0 Å². The highest BCUT2D eigenvalue weighted by Crippen LogP contribution is 2.34. The Labute approximate surface area is 121 Å². The summed E-state index contributed by atoms with van der Waals surface area (Å²) in [6.07, 6.45) is 0.973. The Morgan fingerprint density at radius 1 is 1.22 bits per heavy atom.